The SMILES string of the molecule is CNC(=O)c1c(-c2ccc(C)cc2)oc2nc(CN(CCCC(C)C(=O)NCCCC(=O)O)S(=O)O)c(C3CC3)cc12. The minimum atomic E-state index is -2.27. The summed E-state index contributed by atoms with van der Waals surface area (Å²) in [7, 11) is 1.57. The first-order valence-corrected chi connectivity index (χ1v) is 15.3. The molecule has 226 valence electrons. The van der Waals surface area contributed by atoms with Gasteiger partial charge in [-0.3, -0.25) is 18.9 Å². The van der Waals surface area contributed by atoms with Gasteiger partial charge in [0.2, 0.25) is 22.9 Å². The zero-order valence-corrected chi connectivity index (χ0v) is 25.0. The molecule has 1 aliphatic carbocycles. The molecule has 1 saturated carbocycles. The van der Waals surface area contributed by atoms with Crippen LogP contribution >= 0.6 is 0 Å². The molecule has 3 aromatic rings. The second-order valence-corrected chi connectivity index (χ2v) is 11.8. The van der Waals surface area contributed by atoms with Crippen LogP contribution in [0.15, 0.2) is 34.7 Å². The number of carboxylic acid groups (broad SMARTS) is 1. The fourth-order valence-electron chi connectivity index (χ4n) is 4.92. The predicted octanol–water partition coefficient (Wildman–Crippen LogP) is 4.38. The third-order valence-electron chi connectivity index (χ3n) is 7.49. The van der Waals surface area contributed by atoms with Crippen LogP contribution in [0.5, 0.6) is 0 Å². The molecule has 42 heavy (non-hydrogen) atoms. The first-order chi connectivity index (χ1) is 20.1. The summed E-state index contributed by atoms with van der Waals surface area (Å²) >= 11 is -2.27. The van der Waals surface area contributed by atoms with E-state index < -0.39 is 17.2 Å². The number of carboxylic acids is 1. The number of amides is 2. The van der Waals surface area contributed by atoms with Crippen molar-refractivity contribution >= 4 is 40.1 Å². The van der Waals surface area contributed by atoms with Crippen LogP contribution in [-0.2, 0) is 27.4 Å². The number of benzene rings is 1. The van der Waals surface area contributed by atoms with E-state index in [-0.39, 0.29) is 43.2 Å². The first kappa shape index (κ1) is 31.3. The fraction of sp³-hybridized carbons (Fsp3) is 0.467. The zero-order valence-electron chi connectivity index (χ0n) is 24.1. The van der Waals surface area contributed by atoms with Gasteiger partial charge in [-0.1, -0.05) is 36.8 Å². The van der Waals surface area contributed by atoms with E-state index in [1.807, 2.05) is 37.3 Å². The molecule has 11 nitrogen and oxygen atoms in total. The van der Waals surface area contributed by atoms with Crippen LogP contribution in [0.2, 0.25) is 0 Å². The largest absolute Gasteiger partial charge is 0.481 e. The van der Waals surface area contributed by atoms with Crippen LogP contribution in [-0.4, -0.2) is 61.1 Å². The number of pyridine rings is 1. The van der Waals surface area contributed by atoms with Crippen molar-refractivity contribution in [3.05, 3.63) is 52.7 Å². The molecule has 0 saturated heterocycles. The van der Waals surface area contributed by atoms with Crippen LogP contribution in [0, 0.1) is 12.8 Å². The van der Waals surface area contributed by atoms with Crippen LogP contribution < -0.4 is 10.6 Å². The lowest BCUT2D eigenvalue weighted by Crippen LogP contribution is -2.31. The lowest BCUT2D eigenvalue weighted by atomic mass is 10.0. The molecule has 12 heteroatoms. The van der Waals surface area contributed by atoms with Gasteiger partial charge in [0.1, 0.15) is 5.76 Å². The number of hydrogen-bond donors (Lipinski definition) is 4. The summed E-state index contributed by atoms with van der Waals surface area (Å²) in [6, 6.07) is 9.63. The molecule has 0 aliphatic heterocycles. The summed E-state index contributed by atoms with van der Waals surface area (Å²) in [5.41, 5.74) is 4.11. The number of carbonyl (C=O) groups excluding carboxylic acids is 2. The van der Waals surface area contributed by atoms with Crippen molar-refractivity contribution in [1.29, 1.82) is 0 Å². The zero-order chi connectivity index (χ0) is 30.4. The van der Waals surface area contributed by atoms with E-state index in [1.165, 1.54) is 4.31 Å². The Morgan fingerprint density at radius 3 is 2.52 bits per heavy atom. The molecule has 4 N–H and O–H groups in total. The normalized spacial score (nSPS) is 14.6. The van der Waals surface area contributed by atoms with Gasteiger partial charge in [0.25, 0.3) is 5.91 Å². The summed E-state index contributed by atoms with van der Waals surface area (Å²) < 4.78 is 30.0. The minimum absolute atomic E-state index is 0.00695. The summed E-state index contributed by atoms with van der Waals surface area (Å²) in [5.74, 6) is -1.00. The maximum atomic E-state index is 13.0. The highest BCUT2D eigenvalue weighted by atomic mass is 32.2. The molecule has 1 aliphatic rings. The molecule has 2 atom stereocenters. The highest BCUT2D eigenvalue weighted by molar-refractivity contribution is 7.76. The maximum absolute atomic E-state index is 13.0. The number of nitrogens with zero attached hydrogens (tertiary/aromatic N) is 2. The van der Waals surface area contributed by atoms with Crippen molar-refractivity contribution in [2.24, 2.45) is 5.92 Å². The molecule has 2 heterocycles. The van der Waals surface area contributed by atoms with Crippen molar-refractivity contribution in [2.45, 2.75) is 64.8 Å². The Bertz CT molecular complexity index is 1470. The summed E-state index contributed by atoms with van der Waals surface area (Å²) in [5, 5.41) is 14.8. The predicted molar refractivity (Wildman–Crippen MR) is 159 cm³/mol. The molecule has 0 bridgehead atoms. The Balaban J connectivity index is 1.52. The molecule has 4 rings (SSSR count). The van der Waals surface area contributed by atoms with Crippen molar-refractivity contribution < 1.29 is 32.7 Å². The van der Waals surface area contributed by atoms with Crippen molar-refractivity contribution in [3.8, 4) is 11.3 Å². The lowest BCUT2D eigenvalue weighted by molar-refractivity contribution is -0.137. The van der Waals surface area contributed by atoms with Gasteiger partial charge in [-0.05, 0) is 56.6 Å². The fourth-order valence-corrected chi connectivity index (χ4v) is 5.44. The molecule has 2 amide bonds. The van der Waals surface area contributed by atoms with Gasteiger partial charge in [-0.2, -0.15) is 4.31 Å². The molecule has 2 unspecified atom stereocenters. The number of carbonyl (C=O) groups is 3. The van der Waals surface area contributed by atoms with E-state index in [0.29, 0.717) is 53.9 Å². The lowest BCUT2D eigenvalue weighted by Gasteiger charge is -2.20. The van der Waals surface area contributed by atoms with E-state index >= 15 is 0 Å². The van der Waals surface area contributed by atoms with Crippen molar-refractivity contribution in [1.82, 2.24) is 19.9 Å². The van der Waals surface area contributed by atoms with Gasteiger partial charge in [-0.25, -0.2) is 9.19 Å². The van der Waals surface area contributed by atoms with E-state index in [0.717, 1.165) is 29.5 Å². The Morgan fingerprint density at radius 1 is 1.19 bits per heavy atom. The van der Waals surface area contributed by atoms with E-state index in [4.69, 9.17) is 14.5 Å². The number of furan rings is 1. The van der Waals surface area contributed by atoms with Gasteiger partial charge in [0, 0.05) is 38.0 Å². The third kappa shape index (κ3) is 7.81. The van der Waals surface area contributed by atoms with Gasteiger partial charge in [-0.15, -0.1) is 0 Å². The second-order valence-electron chi connectivity index (χ2n) is 10.8. The highest BCUT2D eigenvalue weighted by Gasteiger charge is 2.31. The monoisotopic (exact) mass is 598 g/mol. The first-order valence-electron chi connectivity index (χ1n) is 14.2. The molecular weight excluding hydrogens is 560 g/mol. The molecule has 1 aromatic carbocycles. The topological polar surface area (TPSA) is 162 Å². The average Bonchev–Trinajstić information content (AvgIpc) is 3.74. The Hall–Kier alpha value is -3.61. The quantitative estimate of drug-likeness (QED) is 0.148. The van der Waals surface area contributed by atoms with Gasteiger partial charge in [0.05, 0.1) is 23.2 Å². The Morgan fingerprint density at radius 2 is 1.90 bits per heavy atom. The Kier molecular flexibility index (Phi) is 10.5. The Labute approximate surface area is 247 Å². The number of aliphatic carboxylic acids is 1. The number of fused-ring (bicyclic) bond motifs is 1. The number of nitrogens with one attached hydrogen (secondary N) is 2. The number of hydrogen-bond acceptors (Lipinski definition) is 6. The summed E-state index contributed by atoms with van der Waals surface area (Å²) in [4.78, 5) is 40.7. The van der Waals surface area contributed by atoms with Gasteiger partial charge >= 0.3 is 5.97 Å². The number of rotatable bonds is 15. The molecular formula is C30H38N4O7S. The summed E-state index contributed by atoms with van der Waals surface area (Å²) in [6.45, 7) is 4.42. The molecule has 1 fully saturated rings. The van der Waals surface area contributed by atoms with Crippen molar-refractivity contribution in [3.63, 3.8) is 0 Å². The minimum Gasteiger partial charge on any atom is -0.481 e. The third-order valence-corrected chi connectivity index (χ3v) is 8.24. The standard InChI is InChI=1S/C30H38N4O7S/c1-18-8-10-21(11-9-18)27-26(29(38)31-3)23-16-22(20-12-13-20)24(33-30(23)41-27)17-34(42(39)40)15-5-6-19(2)28(37)32-14-4-7-25(35)36/h8-11,16,19-20H,4-7,12-15,17H2,1-3H3,(H,31,38)(H,32,37)(H,35,36)(H,39,40). The summed E-state index contributed by atoms with van der Waals surface area (Å²) in [6.07, 6.45) is 3.29. The van der Waals surface area contributed by atoms with Crippen LogP contribution in [0.3, 0.4) is 0 Å². The smallest absolute Gasteiger partial charge is 0.303 e. The van der Waals surface area contributed by atoms with E-state index in [1.54, 1.807) is 14.0 Å². The van der Waals surface area contributed by atoms with Crippen LogP contribution in [0.25, 0.3) is 22.4 Å². The second kappa shape index (κ2) is 14.0. The number of aromatic nitrogens is 1. The van der Waals surface area contributed by atoms with Crippen LogP contribution in [0.1, 0.15) is 78.5 Å². The van der Waals surface area contributed by atoms with E-state index in [9.17, 15) is 23.1 Å². The van der Waals surface area contributed by atoms with Gasteiger partial charge < -0.3 is 20.2 Å². The highest BCUT2D eigenvalue weighted by Crippen LogP contribution is 2.44. The molecule has 0 radical (unpaired) electrons. The molecule has 2 aromatic heterocycles. The average molecular weight is 599 g/mol. The molecule has 0 spiro atoms. The van der Waals surface area contributed by atoms with Crippen LogP contribution in [0.4, 0.5) is 0 Å². The van der Waals surface area contributed by atoms with Gasteiger partial charge in [0.15, 0.2) is 0 Å². The van der Waals surface area contributed by atoms with Crippen molar-refractivity contribution in [2.75, 3.05) is 20.1 Å². The number of aryl methyl sites for hydroxylation is 1. The van der Waals surface area contributed by atoms with E-state index in [2.05, 4.69) is 10.6 Å². The maximum Gasteiger partial charge on any atom is 0.303 e.